The van der Waals surface area contributed by atoms with Crippen LogP contribution in [-0.4, -0.2) is 21.0 Å². The van der Waals surface area contributed by atoms with Crippen molar-refractivity contribution < 1.29 is 0 Å². The predicted molar refractivity (Wildman–Crippen MR) is 343 cm³/mol. The van der Waals surface area contributed by atoms with E-state index >= 15 is 0 Å². The Morgan fingerprint density at radius 3 is 1.85 bits per heavy atom. The van der Waals surface area contributed by atoms with E-state index < -0.39 is 0 Å². The largest absolute Gasteiger partial charge is 0.376 e. The van der Waals surface area contributed by atoms with Crippen molar-refractivity contribution in [2.45, 2.75) is 123 Å². The van der Waals surface area contributed by atoms with Gasteiger partial charge in [0.25, 0.3) is 0 Å². The van der Waals surface area contributed by atoms with Crippen molar-refractivity contribution in [1.29, 1.82) is 0 Å². The lowest BCUT2D eigenvalue weighted by Crippen LogP contribution is -2.60. The van der Waals surface area contributed by atoms with Gasteiger partial charge in [0.2, 0.25) is 0 Å². The molecule has 2 aliphatic heterocycles. The summed E-state index contributed by atoms with van der Waals surface area (Å²) in [5, 5.41) is 5.36. The minimum Gasteiger partial charge on any atom is -0.376 e. The number of anilines is 2. The summed E-state index contributed by atoms with van der Waals surface area (Å²) in [4.78, 5) is 8.47. The molecule has 5 heterocycles. The first kappa shape index (κ1) is 48.3. The molecule has 2 aliphatic carbocycles. The van der Waals surface area contributed by atoms with Gasteiger partial charge < -0.3 is 9.38 Å². The van der Waals surface area contributed by atoms with Crippen LogP contribution in [0.5, 0.6) is 0 Å². The Kier molecular flexibility index (Phi) is 9.55. The fourth-order valence-electron chi connectivity index (χ4n) is 15.1. The molecule has 0 spiro atoms. The average molecular weight is 1060 g/mol. The maximum atomic E-state index is 5.71. The number of benzene rings is 9. The zero-order valence-electron chi connectivity index (χ0n) is 48.3. The third-order valence-electron chi connectivity index (χ3n) is 19.7. The number of hydrogen-bond acceptors (Lipinski definition) is 3. The maximum Gasteiger partial charge on any atom is 0.333 e. The molecule has 392 valence electrons. The number of para-hydroxylation sites is 1. The number of thiophene rings is 1. The molecule has 0 saturated heterocycles. The number of hydrogen-bond donors (Lipinski definition) is 0. The summed E-state index contributed by atoms with van der Waals surface area (Å²) < 4.78 is 7.78. The summed E-state index contributed by atoms with van der Waals surface area (Å²) in [5.41, 5.74) is 27.0. The molecule has 0 radical (unpaired) electrons. The quantitative estimate of drug-likeness (QED) is 0.165. The van der Waals surface area contributed by atoms with E-state index in [2.05, 4.69) is 261 Å². The van der Waals surface area contributed by atoms with Gasteiger partial charge in [0.1, 0.15) is 5.82 Å². The topological polar surface area (TPSA) is 26.0 Å². The molecule has 0 saturated carbocycles. The number of imidazole rings is 1. The van der Waals surface area contributed by atoms with E-state index in [1.54, 1.807) is 0 Å². The number of fused-ring (bicyclic) bond motifs is 18. The second kappa shape index (κ2) is 15.8. The molecule has 4 aliphatic rings. The smallest absolute Gasteiger partial charge is 0.333 e. The van der Waals surface area contributed by atoms with Crippen LogP contribution in [0.4, 0.5) is 11.4 Å². The van der Waals surface area contributed by atoms with Gasteiger partial charge in [0, 0.05) is 75.8 Å². The first-order valence-corrected chi connectivity index (χ1v) is 29.9. The van der Waals surface area contributed by atoms with Crippen LogP contribution in [0.25, 0.3) is 98.0 Å². The first-order valence-electron chi connectivity index (χ1n) is 29.1. The molecule has 4 nitrogen and oxygen atoms in total. The van der Waals surface area contributed by atoms with Gasteiger partial charge >= 0.3 is 6.85 Å². The molecule has 9 aromatic carbocycles. The van der Waals surface area contributed by atoms with Crippen molar-refractivity contribution in [1.82, 2.24) is 14.1 Å². The van der Waals surface area contributed by atoms with Crippen molar-refractivity contribution in [3.05, 3.63) is 197 Å². The van der Waals surface area contributed by atoms with Crippen LogP contribution in [0.2, 0.25) is 0 Å². The Balaban J connectivity index is 1.10. The van der Waals surface area contributed by atoms with Gasteiger partial charge in [-0.3, -0.25) is 4.57 Å². The van der Waals surface area contributed by atoms with Crippen molar-refractivity contribution in [2.24, 2.45) is 0 Å². The summed E-state index contributed by atoms with van der Waals surface area (Å²) in [6.07, 6.45) is 2.37. The Morgan fingerprint density at radius 1 is 0.512 bits per heavy atom. The molecule has 0 amide bonds. The molecular formula is C74H67BN4S. The Morgan fingerprint density at radius 2 is 1.14 bits per heavy atom. The molecule has 0 N–H and O–H groups in total. The van der Waals surface area contributed by atoms with E-state index in [4.69, 9.17) is 4.98 Å². The molecule has 3 aromatic heterocycles. The first-order chi connectivity index (χ1) is 38.2. The van der Waals surface area contributed by atoms with E-state index in [-0.39, 0.29) is 33.9 Å². The van der Waals surface area contributed by atoms with Gasteiger partial charge in [0.05, 0.1) is 22.1 Å². The molecule has 0 unspecified atom stereocenters. The van der Waals surface area contributed by atoms with Gasteiger partial charge in [0.15, 0.2) is 0 Å². The SMILES string of the molecule is CC(C)(C)c1ccc(N2B3c4cc5nc(-c6ccccc6)n(-c6ccccc6)c5cc4-n4c5ccc(C(C)(C)C)cc5c5c6c(sc7ccccc76)c(c3c54)-c3cc4c(cc32)-c2cc3c(cc2C4(C)C)C(C)(C)CCC3(C)C)cc1. The maximum absolute atomic E-state index is 5.71. The highest BCUT2D eigenvalue weighted by atomic mass is 32.1. The van der Waals surface area contributed by atoms with Crippen LogP contribution in [-0.2, 0) is 27.1 Å². The van der Waals surface area contributed by atoms with E-state index in [0.29, 0.717) is 0 Å². The minimum absolute atomic E-state index is 0.00852. The Hall–Kier alpha value is -7.67. The standard InChI is InChI=1S/C74H67BN4S/c1-70(2,3)43-27-30-46(31-28-43)79-59-38-49-48-36-54-55(73(9,10)34-33-72(54,7)8)39-53(48)74(11,12)52(49)37-51(59)65-66-67-63(64-47-25-19-20-26-62(47)80-68(64)65)50-35-44(71(4,5)6)29-32-58(50)78(67)60-41-61-57(40-56(60)75(66)79)76-69(42-21-15-13-16-22-42)77(61)45-23-17-14-18-24-45/h13-32,35-41H,33-34H2,1-12H3. The van der Waals surface area contributed by atoms with E-state index in [9.17, 15) is 0 Å². The molecular weight excluding hydrogens is 988 g/mol. The van der Waals surface area contributed by atoms with Crippen molar-refractivity contribution >= 4 is 93.5 Å². The highest BCUT2D eigenvalue weighted by Gasteiger charge is 2.49. The molecule has 0 fully saturated rings. The lowest BCUT2D eigenvalue weighted by atomic mass is 9.43. The van der Waals surface area contributed by atoms with Gasteiger partial charge in [-0.25, -0.2) is 4.98 Å². The molecule has 80 heavy (non-hydrogen) atoms. The summed E-state index contributed by atoms with van der Waals surface area (Å²) >= 11 is 1.99. The van der Waals surface area contributed by atoms with Crippen molar-refractivity contribution in [3.8, 4) is 45.0 Å². The fourth-order valence-corrected chi connectivity index (χ4v) is 16.4. The molecule has 12 aromatic rings. The molecule has 16 rings (SSSR count). The minimum atomic E-state index is -0.229. The number of rotatable bonds is 3. The Labute approximate surface area is 474 Å². The summed E-state index contributed by atoms with van der Waals surface area (Å²) in [6.45, 7) is 28.8. The van der Waals surface area contributed by atoms with Gasteiger partial charge in [-0.1, -0.05) is 174 Å². The Bertz CT molecular complexity index is 4680. The zero-order chi connectivity index (χ0) is 54.9. The lowest BCUT2D eigenvalue weighted by Gasteiger charge is -2.43. The second-order valence-corrected chi connectivity index (χ2v) is 28.9. The monoisotopic (exact) mass is 1050 g/mol. The summed E-state index contributed by atoms with van der Waals surface area (Å²) in [6, 6.07) is 63.4. The average Bonchev–Trinajstić information content (AvgIpc) is 1.91. The van der Waals surface area contributed by atoms with Crippen LogP contribution < -0.4 is 15.7 Å². The molecule has 6 heteroatoms. The van der Waals surface area contributed by atoms with Crippen LogP contribution in [0.15, 0.2) is 164 Å². The van der Waals surface area contributed by atoms with E-state index in [1.165, 1.54) is 138 Å². The van der Waals surface area contributed by atoms with Crippen LogP contribution in [0.1, 0.15) is 129 Å². The third-order valence-corrected chi connectivity index (χ3v) is 20.8. The normalized spacial score (nSPS) is 16.4. The lowest BCUT2D eigenvalue weighted by molar-refractivity contribution is 0.331. The zero-order valence-corrected chi connectivity index (χ0v) is 49.1. The van der Waals surface area contributed by atoms with Crippen LogP contribution in [0, 0.1) is 0 Å². The fraction of sp³-hybridized carbons (Fsp3) is 0.257. The van der Waals surface area contributed by atoms with Crippen LogP contribution in [0.3, 0.4) is 0 Å². The van der Waals surface area contributed by atoms with Gasteiger partial charge in [-0.15, -0.1) is 11.3 Å². The van der Waals surface area contributed by atoms with Crippen LogP contribution >= 0.6 is 11.3 Å². The summed E-state index contributed by atoms with van der Waals surface area (Å²) in [5.74, 6) is 0.936. The van der Waals surface area contributed by atoms with Crippen molar-refractivity contribution in [3.63, 3.8) is 0 Å². The van der Waals surface area contributed by atoms with E-state index in [1.807, 2.05) is 11.3 Å². The third kappa shape index (κ3) is 6.43. The molecule has 0 atom stereocenters. The summed E-state index contributed by atoms with van der Waals surface area (Å²) in [7, 11) is 0. The second-order valence-electron chi connectivity index (χ2n) is 27.8. The number of aromatic nitrogens is 3. The van der Waals surface area contributed by atoms with Gasteiger partial charge in [-0.05, 0) is 163 Å². The highest BCUT2D eigenvalue weighted by Crippen LogP contribution is 2.59. The van der Waals surface area contributed by atoms with Crippen molar-refractivity contribution in [2.75, 3.05) is 4.81 Å². The predicted octanol–water partition coefficient (Wildman–Crippen LogP) is 18.6. The van der Waals surface area contributed by atoms with Gasteiger partial charge in [-0.2, -0.15) is 0 Å². The number of nitrogens with zero attached hydrogens (tertiary/aromatic N) is 4. The van der Waals surface area contributed by atoms with E-state index in [0.717, 1.165) is 28.1 Å². The molecule has 0 bridgehead atoms. The highest BCUT2D eigenvalue weighted by molar-refractivity contribution is 7.27.